The molecule has 0 aliphatic carbocycles. The quantitative estimate of drug-likeness (QED) is 0.569. The molecule has 0 aliphatic heterocycles. The molecular weight excluding hydrogens is 162 g/mol. The summed E-state index contributed by atoms with van der Waals surface area (Å²) in [4.78, 5) is 32.1. The lowest BCUT2D eigenvalue weighted by atomic mass is 10.3. The zero-order valence-corrected chi connectivity index (χ0v) is 6.82. The Morgan fingerprint density at radius 3 is 2.42 bits per heavy atom. The van der Waals surface area contributed by atoms with Crippen molar-refractivity contribution >= 4 is 18.2 Å². The van der Waals surface area contributed by atoms with Gasteiger partial charge in [-0.15, -0.1) is 0 Å². The SMILES string of the molecule is CN(CC=O)C(=O)CCC(=O)O. The van der Waals surface area contributed by atoms with Crippen molar-refractivity contribution in [3.8, 4) is 0 Å². The topological polar surface area (TPSA) is 74.7 Å². The fourth-order valence-electron chi connectivity index (χ4n) is 0.618. The lowest BCUT2D eigenvalue weighted by Gasteiger charge is -2.12. The first-order valence-electron chi connectivity index (χ1n) is 3.47. The molecule has 0 fully saturated rings. The van der Waals surface area contributed by atoms with Gasteiger partial charge < -0.3 is 14.8 Å². The molecule has 0 aliphatic rings. The van der Waals surface area contributed by atoms with Crippen LogP contribution in [-0.2, 0) is 14.4 Å². The smallest absolute Gasteiger partial charge is 0.303 e. The van der Waals surface area contributed by atoms with Gasteiger partial charge in [0.1, 0.15) is 6.29 Å². The van der Waals surface area contributed by atoms with Gasteiger partial charge in [-0.3, -0.25) is 9.59 Å². The van der Waals surface area contributed by atoms with Gasteiger partial charge in [-0.05, 0) is 0 Å². The molecule has 0 aromatic carbocycles. The van der Waals surface area contributed by atoms with Crippen LogP contribution in [0, 0.1) is 0 Å². The van der Waals surface area contributed by atoms with Crippen molar-refractivity contribution in [2.24, 2.45) is 0 Å². The van der Waals surface area contributed by atoms with E-state index in [4.69, 9.17) is 5.11 Å². The van der Waals surface area contributed by atoms with E-state index in [-0.39, 0.29) is 25.3 Å². The van der Waals surface area contributed by atoms with Crippen molar-refractivity contribution in [2.75, 3.05) is 13.6 Å². The van der Waals surface area contributed by atoms with Crippen LogP contribution in [0.25, 0.3) is 0 Å². The van der Waals surface area contributed by atoms with Crippen molar-refractivity contribution in [2.45, 2.75) is 12.8 Å². The molecule has 0 rings (SSSR count). The molecule has 0 bridgehead atoms. The van der Waals surface area contributed by atoms with Crippen LogP contribution < -0.4 is 0 Å². The molecule has 5 nitrogen and oxygen atoms in total. The van der Waals surface area contributed by atoms with E-state index < -0.39 is 5.97 Å². The molecule has 0 saturated heterocycles. The summed E-state index contributed by atoms with van der Waals surface area (Å²) in [5.41, 5.74) is 0. The third-order valence-corrected chi connectivity index (χ3v) is 1.33. The normalized spacial score (nSPS) is 9.08. The van der Waals surface area contributed by atoms with Crippen LogP contribution >= 0.6 is 0 Å². The first-order chi connectivity index (χ1) is 5.57. The molecule has 0 heterocycles. The predicted molar refractivity (Wildman–Crippen MR) is 40.6 cm³/mol. The van der Waals surface area contributed by atoms with Crippen molar-refractivity contribution in [3.63, 3.8) is 0 Å². The Hall–Kier alpha value is -1.39. The highest BCUT2D eigenvalue weighted by atomic mass is 16.4. The number of carbonyl (C=O) groups excluding carboxylic acids is 2. The van der Waals surface area contributed by atoms with Gasteiger partial charge in [0.05, 0.1) is 13.0 Å². The number of amides is 1. The van der Waals surface area contributed by atoms with Gasteiger partial charge in [0.25, 0.3) is 0 Å². The molecule has 0 spiro atoms. The average molecular weight is 173 g/mol. The van der Waals surface area contributed by atoms with Gasteiger partial charge in [0.15, 0.2) is 0 Å². The molecule has 1 N–H and O–H groups in total. The number of likely N-dealkylation sites (N-methyl/N-ethyl adjacent to an activating group) is 1. The number of carboxylic acid groups (broad SMARTS) is 1. The van der Waals surface area contributed by atoms with Crippen molar-refractivity contribution in [3.05, 3.63) is 0 Å². The highest BCUT2D eigenvalue weighted by molar-refractivity contribution is 5.81. The van der Waals surface area contributed by atoms with Crippen LogP contribution in [0.3, 0.4) is 0 Å². The molecule has 0 saturated carbocycles. The summed E-state index contributed by atoms with van der Waals surface area (Å²) in [5.74, 6) is -1.34. The Bertz CT molecular complexity index is 190. The van der Waals surface area contributed by atoms with Gasteiger partial charge in [0, 0.05) is 13.5 Å². The van der Waals surface area contributed by atoms with Crippen LogP contribution in [-0.4, -0.2) is 41.8 Å². The average Bonchev–Trinajstić information content (AvgIpc) is 2.00. The van der Waals surface area contributed by atoms with Crippen LogP contribution in [0.15, 0.2) is 0 Å². The van der Waals surface area contributed by atoms with Crippen LogP contribution in [0.4, 0.5) is 0 Å². The minimum Gasteiger partial charge on any atom is -0.481 e. The highest BCUT2D eigenvalue weighted by Gasteiger charge is 2.09. The Labute approximate surface area is 70.0 Å². The van der Waals surface area contributed by atoms with Crippen molar-refractivity contribution in [1.82, 2.24) is 4.90 Å². The molecule has 12 heavy (non-hydrogen) atoms. The maximum absolute atomic E-state index is 10.9. The number of carboxylic acids is 1. The second kappa shape index (κ2) is 5.29. The van der Waals surface area contributed by atoms with E-state index >= 15 is 0 Å². The Morgan fingerprint density at radius 2 is 2.00 bits per heavy atom. The first-order valence-corrected chi connectivity index (χ1v) is 3.47. The third-order valence-electron chi connectivity index (χ3n) is 1.33. The molecule has 0 aromatic heterocycles. The molecule has 0 atom stereocenters. The number of aldehydes is 1. The van der Waals surface area contributed by atoms with Crippen LogP contribution in [0.1, 0.15) is 12.8 Å². The number of aliphatic carboxylic acids is 1. The summed E-state index contributed by atoms with van der Waals surface area (Å²) in [6.45, 7) is 0.0124. The summed E-state index contributed by atoms with van der Waals surface area (Å²) in [7, 11) is 1.46. The zero-order chi connectivity index (χ0) is 9.56. The van der Waals surface area contributed by atoms with E-state index in [1.807, 2.05) is 0 Å². The van der Waals surface area contributed by atoms with E-state index in [2.05, 4.69) is 0 Å². The predicted octanol–water partition coefficient (Wildman–Crippen LogP) is -0.492. The summed E-state index contributed by atoms with van der Waals surface area (Å²) < 4.78 is 0. The second-order valence-corrected chi connectivity index (χ2v) is 2.33. The Balaban J connectivity index is 3.71. The molecular formula is C7H11NO4. The fraction of sp³-hybridized carbons (Fsp3) is 0.571. The van der Waals surface area contributed by atoms with Gasteiger partial charge in [-0.25, -0.2) is 0 Å². The van der Waals surface area contributed by atoms with Gasteiger partial charge in [-0.2, -0.15) is 0 Å². The summed E-state index contributed by atoms with van der Waals surface area (Å²) >= 11 is 0. The zero-order valence-electron chi connectivity index (χ0n) is 6.82. The van der Waals surface area contributed by atoms with E-state index in [0.29, 0.717) is 6.29 Å². The van der Waals surface area contributed by atoms with Crippen molar-refractivity contribution in [1.29, 1.82) is 0 Å². The lowest BCUT2D eigenvalue weighted by Crippen LogP contribution is -2.28. The van der Waals surface area contributed by atoms with Crippen LogP contribution in [0.2, 0.25) is 0 Å². The van der Waals surface area contributed by atoms with Crippen LogP contribution in [0.5, 0.6) is 0 Å². The third kappa shape index (κ3) is 4.43. The van der Waals surface area contributed by atoms with E-state index in [0.717, 1.165) is 0 Å². The lowest BCUT2D eigenvalue weighted by molar-refractivity contribution is -0.140. The molecule has 68 valence electrons. The number of rotatable bonds is 5. The maximum Gasteiger partial charge on any atom is 0.303 e. The second-order valence-electron chi connectivity index (χ2n) is 2.33. The first kappa shape index (κ1) is 10.6. The standard InChI is InChI=1S/C7H11NO4/c1-8(4-5-9)6(10)2-3-7(11)12/h5H,2-4H2,1H3,(H,11,12). The highest BCUT2D eigenvalue weighted by Crippen LogP contribution is 1.94. The number of nitrogens with zero attached hydrogens (tertiary/aromatic N) is 1. The Kier molecular flexibility index (Phi) is 4.67. The number of hydrogen-bond donors (Lipinski definition) is 1. The van der Waals surface area contributed by atoms with Gasteiger partial charge >= 0.3 is 5.97 Å². The van der Waals surface area contributed by atoms with E-state index in [1.165, 1.54) is 11.9 Å². The minimum absolute atomic E-state index is 0.0124. The molecule has 1 amide bonds. The summed E-state index contributed by atoms with van der Waals surface area (Å²) in [6, 6.07) is 0. The number of carbonyl (C=O) groups is 3. The fourth-order valence-corrected chi connectivity index (χ4v) is 0.618. The van der Waals surface area contributed by atoms with Gasteiger partial charge in [-0.1, -0.05) is 0 Å². The summed E-state index contributed by atoms with van der Waals surface area (Å²) in [6.07, 6.45) is 0.348. The monoisotopic (exact) mass is 173 g/mol. The molecule has 5 heteroatoms. The van der Waals surface area contributed by atoms with Gasteiger partial charge in [0.2, 0.25) is 5.91 Å². The molecule has 0 unspecified atom stereocenters. The minimum atomic E-state index is -1.01. The summed E-state index contributed by atoms with van der Waals surface area (Å²) in [5, 5.41) is 8.23. The van der Waals surface area contributed by atoms with Crippen molar-refractivity contribution < 1.29 is 19.5 Å². The maximum atomic E-state index is 10.9. The van der Waals surface area contributed by atoms with E-state index in [1.54, 1.807) is 0 Å². The number of hydrogen-bond acceptors (Lipinski definition) is 3. The molecule has 0 radical (unpaired) electrons. The largest absolute Gasteiger partial charge is 0.481 e. The molecule has 0 aromatic rings. The van der Waals surface area contributed by atoms with E-state index in [9.17, 15) is 14.4 Å². The Morgan fingerprint density at radius 1 is 1.42 bits per heavy atom.